The molecular weight excluding hydrogens is 312 g/mol. The average molecular weight is 341 g/mol. The number of hydrogen-bond acceptors (Lipinski definition) is 3. The molecule has 0 aromatic carbocycles. The summed E-state index contributed by atoms with van der Waals surface area (Å²) in [5, 5.41) is 0. The maximum Gasteiger partial charge on any atom is 0.331 e. The van der Waals surface area contributed by atoms with Crippen molar-refractivity contribution in [1.82, 2.24) is 0 Å². The van der Waals surface area contributed by atoms with E-state index in [0.29, 0.717) is 0 Å². The third kappa shape index (κ3) is 7.51. The number of ether oxygens (including phenoxy) is 1. The van der Waals surface area contributed by atoms with Crippen LogP contribution in [0, 0.1) is 5.41 Å². The highest BCUT2D eigenvalue weighted by molar-refractivity contribution is 5.84. The van der Waals surface area contributed by atoms with E-state index in [9.17, 15) is 9.59 Å². The van der Waals surface area contributed by atoms with Gasteiger partial charge in [-0.3, -0.25) is 4.79 Å². The van der Waals surface area contributed by atoms with E-state index in [1.54, 1.807) is 6.92 Å². The summed E-state index contributed by atoms with van der Waals surface area (Å²) in [5.41, 5.74) is 5.08. The largest absolute Gasteiger partial charge is 0.454 e. The minimum absolute atomic E-state index is 0.244. The predicted octanol–water partition coefficient (Wildman–Crippen LogP) is 5.17. The molecule has 0 unspecified atom stereocenters. The molecule has 0 amide bonds. The smallest absolute Gasteiger partial charge is 0.331 e. The van der Waals surface area contributed by atoms with Gasteiger partial charge >= 0.3 is 5.97 Å². The molecule has 0 saturated carbocycles. The molecule has 0 aromatic heterocycles. The lowest BCUT2D eigenvalue weighted by atomic mass is 9.72. The van der Waals surface area contributed by atoms with Crippen LogP contribution in [0.15, 0.2) is 58.7 Å². The van der Waals surface area contributed by atoms with Crippen LogP contribution in [0.3, 0.4) is 0 Å². The van der Waals surface area contributed by atoms with Crippen LogP contribution in [0.2, 0.25) is 0 Å². The van der Waals surface area contributed by atoms with Gasteiger partial charge in [0.2, 0.25) is 6.29 Å². The van der Waals surface area contributed by atoms with E-state index < -0.39 is 5.97 Å². The predicted molar refractivity (Wildman–Crippen MR) is 103 cm³/mol. The van der Waals surface area contributed by atoms with Gasteiger partial charge in [0.1, 0.15) is 0 Å². The van der Waals surface area contributed by atoms with Crippen molar-refractivity contribution in [2.24, 2.45) is 5.41 Å². The number of hydrogen-bond donors (Lipinski definition) is 0. The summed E-state index contributed by atoms with van der Waals surface area (Å²) in [6.45, 7) is 10.4. The Morgan fingerprint density at radius 3 is 2.60 bits per heavy atom. The molecule has 0 heterocycles. The Morgan fingerprint density at radius 1 is 1.24 bits per heavy atom. The number of carbonyl (C=O) groups is 1. The SMILES string of the molecule is CC(C=CC1=C(C)CCCC1(C)C)=CC=CC(C)=CC(=O)OC[C]=O. The third-order valence-corrected chi connectivity index (χ3v) is 4.39. The van der Waals surface area contributed by atoms with Gasteiger partial charge in [-0.15, -0.1) is 0 Å². The zero-order valence-electron chi connectivity index (χ0n) is 16.0. The fourth-order valence-electron chi connectivity index (χ4n) is 3.01. The molecule has 0 bridgehead atoms. The highest BCUT2D eigenvalue weighted by Crippen LogP contribution is 2.40. The van der Waals surface area contributed by atoms with Gasteiger partial charge < -0.3 is 4.74 Å². The Kier molecular flexibility index (Phi) is 8.33. The van der Waals surface area contributed by atoms with Crippen molar-refractivity contribution in [3.8, 4) is 0 Å². The molecule has 1 aliphatic rings. The first-order valence-electron chi connectivity index (χ1n) is 8.69. The lowest BCUT2D eigenvalue weighted by Crippen LogP contribution is -2.19. The van der Waals surface area contributed by atoms with E-state index in [0.717, 1.165) is 11.1 Å². The Balaban J connectivity index is 2.71. The maximum absolute atomic E-state index is 11.3. The monoisotopic (exact) mass is 341 g/mol. The molecule has 135 valence electrons. The molecule has 0 saturated heterocycles. The molecule has 0 fully saturated rings. The summed E-state index contributed by atoms with van der Waals surface area (Å²) in [6, 6.07) is 0. The molecule has 1 radical (unpaired) electrons. The van der Waals surface area contributed by atoms with E-state index in [4.69, 9.17) is 0 Å². The van der Waals surface area contributed by atoms with Gasteiger partial charge in [0.05, 0.1) is 0 Å². The van der Waals surface area contributed by atoms with Crippen LogP contribution in [0.5, 0.6) is 0 Å². The Labute approximate surface area is 151 Å². The highest BCUT2D eigenvalue weighted by Gasteiger charge is 2.26. The second-order valence-electron chi connectivity index (χ2n) is 7.17. The van der Waals surface area contributed by atoms with Crippen molar-refractivity contribution in [2.75, 3.05) is 6.61 Å². The van der Waals surface area contributed by atoms with Crippen molar-refractivity contribution in [3.05, 3.63) is 58.7 Å². The van der Waals surface area contributed by atoms with E-state index in [1.165, 1.54) is 42.8 Å². The fourth-order valence-corrected chi connectivity index (χ4v) is 3.01. The number of allylic oxidation sites excluding steroid dienone is 9. The summed E-state index contributed by atoms with van der Waals surface area (Å²) in [4.78, 5) is 21.4. The molecule has 0 aromatic rings. The van der Waals surface area contributed by atoms with Gasteiger partial charge in [0.15, 0.2) is 6.61 Å². The molecule has 25 heavy (non-hydrogen) atoms. The average Bonchev–Trinajstić information content (AvgIpc) is 2.51. The summed E-state index contributed by atoms with van der Waals surface area (Å²) in [7, 11) is 0. The molecule has 0 N–H and O–H groups in total. The summed E-state index contributed by atoms with van der Waals surface area (Å²) < 4.78 is 4.62. The lowest BCUT2D eigenvalue weighted by Gasteiger charge is -2.32. The van der Waals surface area contributed by atoms with Crippen LogP contribution in [0.4, 0.5) is 0 Å². The Morgan fingerprint density at radius 2 is 1.96 bits per heavy atom. The molecule has 3 nitrogen and oxygen atoms in total. The van der Waals surface area contributed by atoms with Crippen LogP contribution < -0.4 is 0 Å². The van der Waals surface area contributed by atoms with Crippen LogP contribution in [-0.2, 0) is 14.3 Å². The minimum atomic E-state index is -0.534. The topological polar surface area (TPSA) is 43.4 Å². The van der Waals surface area contributed by atoms with Crippen LogP contribution in [-0.4, -0.2) is 18.9 Å². The molecule has 1 rings (SSSR count). The summed E-state index contributed by atoms with van der Waals surface area (Å²) >= 11 is 0. The molecule has 0 atom stereocenters. The molecule has 0 aliphatic heterocycles. The number of rotatable bonds is 7. The zero-order chi connectivity index (χ0) is 18.9. The van der Waals surface area contributed by atoms with Gasteiger partial charge in [-0.1, -0.05) is 55.4 Å². The minimum Gasteiger partial charge on any atom is -0.454 e. The second kappa shape index (κ2) is 9.97. The zero-order valence-corrected chi connectivity index (χ0v) is 16.0. The van der Waals surface area contributed by atoms with Crippen molar-refractivity contribution in [2.45, 2.75) is 53.9 Å². The summed E-state index contributed by atoms with van der Waals surface area (Å²) in [6.07, 6.45) is 16.7. The van der Waals surface area contributed by atoms with Gasteiger partial charge in [-0.25, -0.2) is 4.79 Å². The van der Waals surface area contributed by atoms with Crippen molar-refractivity contribution < 1.29 is 14.3 Å². The molecule has 3 heteroatoms. The van der Waals surface area contributed by atoms with Crippen LogP contribution >= 0.6 is 0 Å². The van der Waals surface area contributed by atoms with Crippen LogP contribution in [0.25, 0.3) is 0 Å². The van der Waals surface area contributed by atoms with Gasteiger partial charge in [0.25, 0.3) is 0 Å². The van der Waals surface area contributed by atoms with Crippen molar-refractivity contribution in [1.29, 1.82) is 0 Å². The fraction of sp³-hybridized carbons (Fsp3) is 0.455. The van der Waals surface area contributed by atoms with Gasteiger partial charge in [-0.05, 0) is 56.6 Å². The van der Waals surface area contributed by atoms with Crippen LogP contribution in [0.1, 0.15) is 53.9 Å². The first kappa shape index (κ1) is 20.9. The Hall–Kier alpha value is -2.16. The molecular formula is C22H29O3. The van der Waals surface area contributed by atoms with Gasteiger partial charge in [0, 0.05) is 6.08 Å². The second-order valence-corrected chi connectivity index (χ2v) is 7.17. The normalized spacial score (nSPS) is 18.9. The molecule has 0 spiro atoms. The highest BCUT2D eigenvalue weighted by atomic mass is 16.5. The standard InChI is InChI=1S/C22H29O3/c1-17(8-6-9-18(2)16-21(24)25-15-14-23)11-12-20-19(3)10-7-13-22(20,4)5/h6,8-9,11-12,16H,7,10,13,15H2,1-5H3. The van der Waals surface area contributed by atoms with Gasteiger partial charge in [-0.2, -0.15) is 0 Å². The molecule has 1 aliphatic carbocycles. The first-order valence-corrected chi connectivity index (χ1v) is 8.69. The Bertz CT molecular complexity index is 640. The van der Waals surface area contributed by atoms with E-state index >= 15 is 0 Å². The van der Waals surface area contributed by atoms with E-state index in [2.05, 4.69) is 44.6 Å². The van der Waals surface area contributed by atoms with E-state index in [1.807, 2.05) is 18.2 Å². The first-order chi connectivity index (χ1) is 11.8. The third-order valence-electron chi connectivity index (χ3n) is 4.39. The lowest BCUT2D eigenvalue weighted by molar-refractivity contribution is -0.136. The number of esters is 1. The maximum atomic E-state index is 11.3. The quantitative estimate of drug-likeness (QED) is 0.364. The van der Waals surface area contributed by atoms with Crippen molar-refractivity contribution in [3.63, 3.8) is 0 Å². The van der Waals surface area contributed by atoms with Crippen molar-refractivity contribution >= 4 is 12.3 Å². The van der Waals surface area contributed by atoms with E-state index in [-0.39, 0.29) is 12.0 Å². The summed E-state index contributed by atoms with van der Waals surface area (Å²) in [5.74, 6) is -0.534. The number of carbonyl (C=O) groups excluding carboxylic acids is 2.